The Hall–Kier alpha value is -2.58. The van der Waals surface area contributed by atoms with E-state index in [1.807, 2.05) is 30.3 Å². The molecule has 0 saturated carbocycles. The summed E-state index contributed by atoms with van der Waals surface area (Å²) in [6, 6.07) is 12.5. The largest absolute Gasteiger partial charge is 0.491 e. The first kappa shape index (κ1) is 21.1. The molecule has 8 heteroatoms. The Morgan fingerprint density at radius 2 is 2.07 bits per heavy atom. The molecule has 7 nitrogen and oxygen atoms in total. The maximum absolute atomic E-state index is 11.6. The highest BCUT2D eigenvalue weighted by Gasteiger charge is 2.24. The van der Waals surface area contributed by atoms with Crippen LogP contribution in [0.1, 0.15) is 23.6 Å². The highest BCUT2D eigenvalue weighted by molar-refractivity contribution is 6.30. The molecule has 0 aliphatic carbocycles. The normalized spacial score (nSPS) is 17.4. The molecule has 29 heavy (non-hydrogen) atoms. The average molecular weight is 418 g/mol. The number of amides is 1. The van der Waals surface area contributed by atoms with Crippen molar-refractivity contribution in [2.24, 2.45) is 5.84 Å². The number of nitrogens with one attached hydrogen (secondary N) is 1. The van der Waals surface area contributed by atoms with Crippen molar-refractivity contribution in [3.8, 4) is 5.75 Å². The molecular formula is C21H24ClN3O4. The van der Waals surface area contributed by atoms with Gasteiger partial charge in [-0.25, -0.2) is 0 Å². The minimum absolute atomic E-state index is 0.00736. The van der Waals surface area contributed by atoms with Gasteiger partial charge in [-0.1, -0.05) is 29.8 Å². The molecule has 0 aromatic heterocycles. The zero-order valence-electron chi connectivity index (χ0n) is 15.8. The van der Waals surface area contributed by atoms with Crippen LogP contribution in [0, 0.1) is 0 Å². The molecule has 2 aromatic carbocycles. The third kappa shape index (κ3) is 5.07. The van der Waals surface area contributed by atoms with Crippen molar-refractivity contribution in [2.75, 3.05) is 25.2 Å². The van der Waals surface area contributed by atoms with E-state index in [0.29, 0.717) is 23.7 Å². The molecular weight excluding hydrogens is 394 g/mol. The molecule has 0 fully saturated rings. The van der Waals surface area contributed by atoms with Gasteiger partial charge in [0.05, 0.1) is 18.3 Å². The number of nitrogens with two attached hydrogens (primary N) is 1. The molecule has 3 rings (SSSR count). The predicted octanol–water partition coefficient (Wildman–Crippen LogP) is 2.34. The number of nitrogen functional groups attached to an aromatic ring is 1. The number of ether oxygens (including phenoxy) is 1. The summed E-state index contributed by atoms with van der Waals surface area (Å²) in [5.74, 6) is 6.22. The summed E-state index contributed by atoms with van der Waals surface area (Å²) in [5, 5.41) is 18.9. The van der Waals surface area contributed by atoms with Crippen LogP contribution >= 0.6 is 11.6 Å². The van der Waals surface area contributed by atoms with E-state index in [0.717, 1.165) is 28.8 Å². The summed E-state index contributed by atoms with van der Waals surface area (Å²) in [5.41, 5.74) is 6.35. The standard InChI is InChI=1S/C21H24ClN3O4/c22-16-3-6-20(24-23)19(10-16)15-7-8-25(13-27)21(9-15)14-1-4-18(5-2-14)29-12-17(28)11-26/h1-6,9-10,13,17,21,24,26,28H,7-8,11-12,23H2. The van der Waals surface area contributed by atoms with Gasteiger partial charge in [0, 0.05) is 17.1 Å². The predicted molar refractivity (Wildman–Crippen MR) is 112 cm³/mol. The van der Waals surface area contributed by atoms with Crippen LogP contribution in [0.15, 0.2) is 48.5 Å². The third-order valence-corrected chi connectivity index (χ3v) is 5.08. The van der Waals surface area contributed by atoms with E-state index in [4.69, 9.17) is 27.3 Å². The zero-order chi connectivity index (χ0) is 20.8. The van der Waals surface area contributed by atoms with Gasteiger partial charge in [0.25, 0.3) is 0 Å². The van der Waals surface area contributed by atoms with Gasteiger partial charge in [0.2, 0.25) is 6.41 Å². The average Bonchev–Trinajstić information content (AvgIpc) is 2.77. The maximum Gasteiger partial charge on any atom is 0.210 e. The Kier molecular flexibility index (Phi) is 7.11. The first-order chi connectivity index (χ1) is 14.0. The number of carbonyl (C=O) groups excluding carboxylic acids is 1. The molecule has 1 heterocycles. The van der Waals surface area contributed by atoms with Crippen molar-refractivity contribution in [1.82, 2.24) is 4.90 Å². The lowest BCUT2D eigenvalue weighted by Crippen LogP contribution is -2.31. The Morgan fingerprint density at radius 3 is 2.72 bits per heavy atom. The van der Waals surface area contributed by atoms with Crippen LogP contribution in [0.2, 0.25) is 5.02 Å². The molecule has 5 N–H and O–H groups in total. The molecule has 154 valence electrons. The number of aliphatic hydroxyl groups is 2. The molecule has 0 saturated heterocycles. The fourth-order valence-electron chi connectivity index (χ4n) is 3.30. The van der Waals surface area contributed by atoms with E-state index in [2.05, 4.69) is 5.43 Å². The maximum atomic E-state index is 11.6. The van der Waals surface area contributed by atoms with Gasteiger partial charge in [-0.05, 0) is 47.9 Å². The van der Waals surface area contributed by atoms with E-state index in [1.54, 1.807) is 23.1 Å². The highest BCUT2D eigenvalue weighted by Crippen LogP contribution is 2.36. The van der Waals surface area contributed by atoms with Crippen molar-refractivity contribution in [1.29, 1.82) is 0 Å². The Bertz CT molecular complexity index is 873. The van der Waals surface area contributed by atoms with Gasteiger partial charge in [-0.15, -0.1) is 0 Å². The molecule has 0 bridgehead atoms. The van der Waals surface area contributed by atoms with Crippen LogP contribution in [-0.2, 0) is 4.79 Å². The van der Waals surface area contributed by atoms with Crippen LogP contribution in [0.3, 0.4) is 0 Å². The van der Waals surface area contributed by atoms with Gasteiger partial charge >= 0.3 is 0 Å². The first-order valence-electron chi connectivity index (χ1n) is 9.25. The van der Waals surface area contributed by atoms with Crippen LogP contribution in [0.25, 0.3) is 5.57 Å². The number of hydrogen-bond donors (Lipinski definition) is 4. The number of nitrogens with zero attached hydrogens (tertiary/aromatic N) is 1. The lowest BCUT2D eigenvalue weighted by atomic mass is 9.92. The van der Waals surface area contributed by atoms with Gasteiger partial charge in [-0.3, -0.25) is 10.6 Å². The summed E-state index contributed by atoms with van der Waals surface area (Å²) < 4.78 is 5.44. The zero-order valence-corrected chi connectivity index (χ0v) is 16.5. The van der Waals surface area contributed by atoms with E-state index in [-0.39, 0.29) is 19.3 Å². The monoisotopic (exact) mass is 417 g/mol. The third-order valence-electron chi connectivity index (χ3n) is 4.85. The van der Waals surface area contributed by atoms with Crippen LogP contribution in [0.4, 0.5) is 5.69 Å². The Labute approximate surface area is 174 Å². The summed E-state index contributed by atoms with van der Waals surface area (Å²) in [6.45, 7) is 0.218. The van der Waals surface area contributed by atoms with Crippen LogP contribution in [-0.4, -0.2) is 47.4 Å². The number of halogens is 1. The number of hydrogen-bond acceptors (Lipinski definition) is 6. The van der Waals surface area contributed by atoms with Crippen molar-refractivity contribution in [3.05, 3.63) is 64.7 Å². The fourth-order valence-corrected chi connectivity index (χ4v) is 3.48. The van der Waals surface area contributed by atoms with E-state index < -0.39 is 6.10 Å². The number of aliphatic hydroxyl groups excluding tert-OH is 2. The molecule has 1 amide bonds. The number of benzene rings is 2. The SMILES string of the molecule is NNc1ccc(Cl)cc1C1=CC(c2ccc(OCC(O)CO)cc2)N(C=O)CC1. The van der Waals surface area contributed by atoms with Crippen molar-refractivity contribution < 1.29 is 19.7 Å². The minimum atomic E-state index is -0.924. The first-order valence-corrected chi connectivity index (χ1v) is 9.63. The number of hydrazine groups is 1. The quantitative estimate of drug-likeness (QED) is 0.298. The van der Waals surface area contributed by atoms with Crippen LogP contribution in [0.5, 0.6) is 5.75 Å². The van der Waals surface area contributed by atoms with Gasteiger partial charge in [0.1, 0.15) is 18.5 Å². The van der Waals surface area contributed by atoms with Gasteiger partial charge in [0.15, 0.2) is 0 Å². The lowest BCUT2D eigenvalue weighted by molar-refractivity contribution is -0.119. The van der Waals surface area contributed by atoms with Crippen molar-refractivity contribution in [3.63, 3.8) is 0 Å². The van der Waals surface area contributed by atoms with E-state index in [1.165, 1.54) is 0 Å². The topological polar surface area (TPSA) is 108 Å². The molecule has 1 aliphatic rings. The second-order valence-corrected chi connectivity index (χ2v) is 7.22. The number of carbonyl (C=O) groups is 1. The van der Waals surface area contributed by atoms with E-state index >= 15 is 0 Å². The second kappa shape index (κ2) is 9.76. The molecule has 2 aromatic rings. The van der Waals surface area contributed by atoms with Crippen LogP contribution < -0.4 is 16.0 Å². The highest BCUT2D eigenvalue weighted by atomic mass is 35.5. The second-order valence-electron chi connectivity index (χ2n) is 6.78. The minimum Gasteiger partial charge on any atom is -0.491 e. The Balaban J connectivity index is 1.87. The number of rotatable bonds is 8. The molecule has 2 atom stereocenters. The lowest BCUT2D eigenvalue weighted by Gasteiger charge is -2.32. The van der Waals surface area contributed by atoms with E-state index in [9.17, 15) is 9.90 Å². The molecule has 2 unspecified atom stereocenters. The number of anilines is 1. The summed E-state index contributed by atoms with van der Waals surface area (Å²) >= 11 is 6.17. The van der Waals surface area contributed by atoms with Gasteiger partial charge in [-0.2, -0.15) is 0 Å². The molecule has 1 aliphatic heterocycles. The van der Waals surface area contributed by atoms with Crippen molar-refractivity contribution >= 4 is 29.3 Å². The summed E-state index contributed by atoms with van der Waals surface area (Å²) in [4.78, 5) is 13.3. The Morgan fingerprint density at radius 1 is 1.31 bits per heavy atom. The molecule has 0 radical (unpaired) electrons. The van der Waals surface area contributed by atoms with Crippen molar-refractivity contribution in [2.45, 2.75) is 18.6 Å². The smallest absolute Gasteiger partial charge is 0.210 e. The summed E-state index contributed by atoms with van der Waals surface area (Å²) in [7, 11) is 0. The fraction of sp³-hybridized carbons (Fsp3) is 0.286. The molecule has 0 spiro atoms. The summed E-state index contributed by atoms with van der Waals surface area (Å²) in [6.07, 6.45) is 2.65. The van der Waals surface area contributed by atoms with Gasteiger partial charge < -0.3 is 25.3 Å².